The summed E-state index contributed by atoms with van der Waals surface area (Å²) in [5.74, 6) is -0.610. The maximum Gasteiger partial charge on any atom is 0.330 e. The molecular weight excluding hydrogens is 506 g/mol. The summed E-state index contributed by atoms with van der Waals surface area (Å²) in [6, 6.07) is 27.2. The van der Waals surface area contributed by atoms with E-state index in [2.05, 4.69) is 15.6 Å². The summed E-state index contributed by atoms with van der Waals surface area (Å²) >= 11 is 2.78. The molecule has 4 rings (SSSR count). The molecule has 0 aliphatic carbocycles. The standard InChI is InChI=1S/C28H25N3O4S2/c32-25(31-28-30-23(19-37-28)21-12-6-2-7-13-21)16-35-27(34)24(18-36-17-20-10-4-1-5-11-20)29-26(33)22-14-8-3-9-15-22/h1-15,19,24H,16-18H2,(H,29,33)(H,30,31,32)/t24-/m1/s1. The van der Waals surface area contributed by atoms with Crippen molar-refractivity contribution in [3.05, 3.63) is 108 Å². The van der Waals surface area contributed by atoms with E-state index < -0.39 is 24.5 Å². The fraction of sp³-hybridized carbons (Fsp3) is 0.143. The van der Waals surface area contributed by atoms with E-state index in [-0.39, 0.29) is 5.91 Å². The lowest BCUT2D eigenvalue weighted by Crippen LogP contribution is -2.44. The summed E-state index contributed by atoms with van der Waals surface area (Å²) in [6.45, 7) is -0.486. The van der Waals surface area contributed by atoms with Crippen LogP contribution >= 0.6 is 23.1 Å². The molecule has 2 N–H and O–H groups in total. The number of hydrogen-bond donors (Lipinski definition) is 2. The minimum absolute atomic E-state index is 0.292. The van der Waals surface area contributed by atoms with E-state index in [0.29, 0.717) is 22.2 Å². The number of benzene rings is 3. The molecule has 1 heterocycles. The van der Waals surface area contributed by atoms with E-state index in [1.54, 1.807) is 24.3 Å². The molecule has 0 unspecified atom stereocenters. The van der Waals surface area contributed by atoms with E-state index in [0.717, 1.165) is 16.8 Å². The van der Waals surface area contributed by atoms with Crippen LogP contribution in [0.25, 0.3) is 11.3 Å². The fourth-order valence-corrected chi connectivity index (χ4v) is 5.07. The molecule has 0 aliphatic heterocycles. The van der Waals surface area contributed by atoms with Crippen LogP contribution in [0.4, 0.5) is 5.13 Å². The molecule has 0 fully saturated rings. The van der Waals surface area contributed by atoms with E-state index in [1.807, 2.05) is 72.1 Å². The van der Waals surface area contributed by atoms with Crippen LogP contribution in [0, 0.1) is 0 Å². The Hall–Kier alpha value is -3.95. The summed E-state index contributed by atoms with van der Waals surface area (Å²) in [5.41, 5.74) is 3.23. The lowest BCUT2D eigenvalue weighted by atomic mass is 10.2. The SMILES string of the molecule is O=C(COC(=O)[C@@H](CSCc1ccccc1)NC(=O)c1ccccc1)Nc1nc(-c2ccccc2)cs1. The Morgan fingerprint density at radius 1 is 0.892 bits per heavy atom. The minimum Gasteiger partial charge on any atom is -0.454 e. The van der Waals surface area contributed by atoms with Crippen LogP contribution in [0.5, 0.6) is 0 Å². The molecule has 0 bridgehead atoms. The Bertz CT molecular complexity index is 1320. The first-order valence-corrected chi connectivity index (χ1v) is 13.6. The van der Waals surface area contributed by atoms with Crippen molar-refractivity contribution in [3.63, 3.8) is 0 Å². The maximum atomic E-state index is 12.9. The van der Waals surface area contributed by atoms with Gasteiger partial charge in [0.05, 0.1) is 5.69 Å². The van der Waals surface area contributed by atoms with Gasteiger partial charge in [0.1, 0.15) is 6.04 Å². The average molecular weight is 532 g/mol. The van der Waals surface area contributed by atoms with Crippen LogP contribution in [0.3, 0.4) is 0 Å². The summed E-state index contributed by atoms with van der Waals surface area (Å²) in [5, 5.41) is 7.65. The van der Waals surface area contributed by atoms with Gasteiger partial charge >= 0.3 is 5.97 Å². The monoisotopic (exact) mass is 531 g/mol. The predicted molar refractivity (Wildman–Crippen MR) is 147 cm³/mol. The lowest BCUT2D eigenvalue weighted by molar-refractivity contribution is -0.148. The molecule has 1 atom stereocenters. The van der Waals surface area contributed by atoms with Crippen molar-refractivity contribution in [2.24, 2.45) is 0 Å². The van der Waals surface area contributed by atoms with Crippen molar-refractivity contribution in [2.75, 3.05) is 17.7 Å². The average Bonchev–Trinajstić information content (AvgIpc) is 3.41. The minimum atomic E-state index is -0.918. The number of nitrogens with zero attached hydrogens (tertiary/aromatic N) is 1. The summed E-state index contributed by atoms with van der Waals surface area (Å²) in [7, 11) is 0. The highest BCUT2D eigenvalue weighted by Crippen LogP contribution is 2.24. The van der Waals surface area contributed by atoms with Gasteiger partial charge in [0.25, 0.3) is 11.8 Å². The number of carbonyl (C=O) groups excluding carboxylic acids is 3. The molecule has 2 amide bonds. The van der Waals surface area contributed by atoms with Gasteiger partial charge in [-0.15, -0.1) is 11.3 Å². The normalized spacial score (nSPS) is 11.4. The molecule has 0 spiro atoms. The maximum absolute atomic E-state index is 12.9. The van der Waals surface area contributed by atoms with Crippen LogP contribution in [-0.4, -0.2) is 41.2 Å². The van der Waals surface area contributed by atoms with Crippen LogP contribution in [0.2, 0.25) is 0 Å². The number of esters is 1. The van der Waals surface area contributed by atoms with Crippen molar-refractivity contribution in [1.29, 1.82) is 0 Å². The number of hydrogen-bond acceptors (Lipinski definition) is 7. The fourth-order valence-electron chi connectivity index (χ4n) is 3.33. The number of amides is 2. The number of nitrogens with one attached hydrogen (secondary N) is 2. The number of ether oxygens (including phenoxy) is 1. The molecule has 0 saturated carbocycles. The zero-order valence-electron chi connectivity index (χ0n) is 19.8. The van der Waals surface area contributed by atoms with Gasteiger partial charge in [-0.2, -0.15) is 11.8 Å². The third-order valence-electron chi connectivity index (χ3n) is 5.19. The van der Waals surface area contributed by atoms with Crippen molar-refractivity contribution in [3.8, 4) is 11.3 Å². The number of thiazole rings is 1. The molecule has 4 aromatic rings. The summed E-state index contributed by atoms with van der Waals surface area (Å²) < 4.78 is 5.27. The van der Waals surface area contributed by atoms with Crippen LogP contribution in [-0.2, 0) is 20.1 Å². The Kier molecular flexibility index (Phi) is 9.45. The lowest BCUT2D eigenvalue weighted by Gasteiger charge is -2.17. The molecule has 0 aliphatic rings. The van der Waals surface area contributed by atoms with E-state index in [1.165, 1.54) is 23.1 Å². The molecule has 9 heteroatoms. The van der Waals surface area contributed by atoms with Gasteiger partial charge in [-0.3, -0.25) is 14.9 Å². The highest BCUT2D eigenvalue weighted by Gasteiger charge is 2.24. The van der Waals surface area contributed by atoms with Gasteiger partial charge < -0.3 is 10.1 Å². The first kappa shape index (κ1) is 26.1. The zero-order valence-corrected chi connectivity index (χ0v) is 21.5. The third-order valence-corrected chi connectivity index (χ3v) is 7.05. The van der Waals surface area contributed by atoms with Gasteiger partial charge in [-0.25, -0.2) is 9.78 Å². The van der Waals surface area contributed by atoms with E-state index in [9.17, 15) is 14.4 Å². The molecule has 7 nitrogen and oxygen atoms in total. The number of anilines is 1. The second-order valence-electron chi connectivity index (χ2n) is 7.95. The van der Waals surface area contributed by atoms with Crippen LogP contribution < -0.4 is 10.6 Å². The zero-order chi connectivity index (χ0) is 25.9. The number of rotatable bonds is 11. The first-order chi connectivity index (χ1) is 18.1. The van der Waals surface area contributed by atoms with Gasteiger partial charge in [0.2, 0.25) is 0 Å². The molecule has 188 valence electrons. The highest BCUT2D eigenvalue weighted by atomic mass is 32.2. The molecule has 0 saturated heterocycles. The largest absolute Gasteiger partial charge is 0.454 e. The van der Waals surface area contributed by atoms with Crippen molar-refractivity contribution < 1.29 is 19.1 Å². The molecule has 1 aromatic heterocycles. The van der Waals surface area contributed by atoms with Crippen molar-refractivity contribution in [1.82, 2.24) is 10.3 Å². The molecule has 3 aromatic carbocycles. The summed E-state index contributed by atoms with van der Waals surface area (Å²) in [4.78, 5) is 42.4. The van der Waals surface area contributed by atoms with Gasteiger partial charge in [-0.05, 0) is 17.7 Å². The second kappa shape index (κ2) is 13.4. The molecule has 0 radical (unpaired) electrons. The third kappa shape index (κ3) is 8.03. The van der Waals surface area contributed by atoms with Crippen molar-refractivity contribution >= 4 is 46.0 Å². The Morgan fingerprint density at radius 2 is 1.54 bits per heavy atom. The number of carbonyl (C=O) groups is 3. The smallest absolute Gasteiger partial charge is 0.330 e. The molecule has 37 heavy (non-hydrogen) atoms. The Balaban J connectivity index is 1.32. The van der Waals surface area contributed by atoms with E-state index >= 15 is 0 Å². The van der Waals surface area contributed by atoms with Gasteiger partial charge in [0.15, 0.2) is 11.7 Å². The van der Waals surface area contributed by atoms with E-state index in [4.69, 9.17) is 4.74 Å². The Labute approximate surface area is 223 Å². The van der Waals surface area contributed by atoms with Crippen LogP contribution in [0.1, 0.15) is 15.9 Å². The Morgan fingerprint density at radius 3 is 2.24 bits per heavy atom. The quantitative estimate of drug-likeness (QED) is 0.264. The topological polar surface area (TPSA) is 97.4 Å². The number of aromatic nitrogens is 1. The highest BCUT2D eigenvalue weighted by molar-refractivity contribution is 7.98. The molecular formula is C28H25N3O4S2. The van der Waals surface area contributed by atoms with Crippen molar-refractivity contribution in [2.45, 2.75) is 11.8 Å². The first-order valence-electron chi connectivity index (χ1n) is 11.5. The predicted octanol–water partition coefficient (Wildman–Crippen LogP) is 5.02. The summed E-state index contributed by atoms with van der Waals surface area (Å²) in [6.07, 6.45) is 0. The number of thioether (sulfide) groups is 1. The van der Waals surface area contributed by atoms with Gasteiger partial charge in [-0.1, -0.05) is 78.9 Å². The van der Waals surface area contributed by atoms with Gasteiger partial charge in [0, 0.05) is 28.0 Å². The second-order valence-corrected chi connectivity index (χ2v) is 9.84. The van der Waals surface area contributed by atoms with Crippen LogP contribution in [0.15, 0.2) is 96.4 Å².